The Labute approximate surface area is 145 Å². The second-order valence-electron chi connectivity index (χ2n) is 5.71. The third kappa shape index (κ3) is 3.41. The largest absolute Gasteiger partial charge is 0.325 e. The van der Waals surface area contributed by atoms with Gasteiger partial charge in [-0.15, -0.1) is 0 Å². The summed E-state index contributed by atoms with van der Waals surface area (Å²) in [6.07, 6.45) is 1.54. The lowest BCUT2D eigenvalue weighted by molar-refractivity contribution is -0.115. The Morgan fingerprint density at radius 1 is 1.04 bits per heavy atom. The van der Waals surface area contributed by atoms with Crippen LogP contribution in [0.3, 0.4) is 0 Å². The average molecular weight is 337 g/mol. The predicted octanol–water partition coefficient (Wildman–Crippen LogP) is 4.37. The number of thioether (sulfide) groups is 1. The summed E-state index contributed by atoms with van der Waals surface area (Å²) in [7, 11) is 0. The van der Waals surface area contributed by atoms with Crippen LogP contribution in [0, 0.1) is 13.8 Å². The van der Waals surface area contributed by atoms with Crippen LogP contribution in [-0.2, 0) is 4.79 Å². The number of hydrogen-bond acceptors (Lipinski definition) is 4. The molecule has 2 aromatic carbocycles. The summed E-state index contributed by atoms with van der Waals surface area (Å²) in [4.78, 5) is 21.2. The standard InChI is InChI=1S/C19H19N3OS/c1-12-7-6-8-13(2)17(12)22-18(23)14(3)24-19-15-9-4-5-10-16(15)20-11-21-19/h4-11,14H,1-3H3,(H,22,23). The van der Waals surface area contributed by atoms with E-state index in [0.717, 1.165) is 32.7 Å². The van der Waals surface area contributed by atoms with E-state index in [1.807, 2.05) is 63.2 Å². The fraction of sp³-hybridized carbons (Fsp3) is 0.211. The van der Waals surface area contributed by atoms with Gasteiger partial charge in [0.15, 0.2) is 0 Å². The summed E-state index contributed by atoms with van der Waals surface area (Å²) in [5.74, 6) is -0.0277. The molecule has 0 saturated carbocycles. The summed E-state index contributed by atoms with van der Waals surface area (Å²) in [5, 5.41) is 4.57. The van der Waals surface area contributed by atoms with Crippen LogP contribution < -0.4 is 5.32 Å². The second kappa shape index (κ2) is 7.01. The number of fused-ring (bicyclic) bond motifs is 1. The van der Waals surface area contributed by atoms with Gasteiger partial charge in [-0.05, 0) is 38.0 Å². The molecular weight excluding hydrogens is 318 g/mol. The highest BCUT2D eigenvalue weighted by molar-refractivity contribution is 8.00. The van der Waals surface area contributed by atoms with Crippen LogP contribution in [0.2, 0.25) is 0 Å². The lowest BCUT2D eigenvalue weighted by Gasteiger charge is -2.15. The van der Waals surface area contributed by atoms with Gasteiger partial charge in [-0.1, -0.05) is 48.2 Å². The first kappa shape index (κ1) is 16.5. The van der Waals surface area contributed by atoms with E-state index in [1.54, 1.807) is 6.33 Å². The number of anilines is 1. The highest BCUT2D eigenvalue weighted by atomic mass is 32.2. The van der Waals surface area contributed by atoms with Crippen molar-refractivity contribution in [2.24, 2.45) is 0 Å². The Morgan fingerprint density at radius 3 is 2.50 bits per heavy atom. The van der Waals surface area contributed by atoms with Crippen LogP contribution in [0.15, 0.2) is 53.8 Å². The van der Waals surface area contributed by atoms with Gasteiger partial charge in [0.05, 0.1) is 10.8 Å². The number of para-hydroxylation sites is 2. The van der Waals surface area contributed by atoms with Crippen molar-refractivity contribution in [2.75, 3.05) is 5.32 Å². The number of amides is 1. The van der Waals surface area contributed by atoms with Gasteiger partial charge in [-0.3, -0.25) is 4.79 Å². The topological polar surface area (TPSA) is 54.9 Å². The van der Waals surface area contributed by atoms with Crippen LogP contribution in [0.5, 0.6) is 0 Å². The van der Waals surface area contributed by atoms with Gasteiger partial charge in [0.25, 0.3) is 0 Å². The monoisotopic (exact) mass is 337 g/mol. The number of nitrogens with zero attached hydrogens (tertiary/aromatic N) is 2. The summed E-state index contributed by atoms with van der Waals surface area (Å²) in [6.45, 7) is 5.89. The maximum absolute atomic E-state index is 12.6. The second-order valence-corrected chi connectivity index (χ2v) is 7.04. The Bertz CT molecular complexity index is 869. The van der Waals surface area contributed by atoms with Gasteiger partial charge < -0.3 is 5.32 Å². The van der Waals surface area contributed by atoms with E-state index in [-0.39, 0.29) is 11.2 Å². The fourth-order valence-electron chi connectivity index (χ4n) is 2.53. The van der Waals surface area contributed by atoms with E-state index in [9.17, 15) is 4.79 Å². The first-order valence-electron chi connectivity index (χ1n) is 7.79. The number of carbonyl (C=O) groups is 1. The lowest BCUT2D eigenvalue weighted by atomic mass is 10.1. The normalized spacial score (nSPS) is 12.1. The molecule has 0 radical (unpaired) electrons. The van der Waals surface area contributed by atoms with Gasteiger partial charge in [0, 0.05) is 11.1 Å². The minimum Gasteiger partial charge on any atom is -0.325 e. The van der Waals surface area contributed by atoms with Crippen molar-refractivity contribution in [3.63, 3.8) is 0 Å². The lowest BCUT2D eigenvalue weighted by Crippen LogP contribution is -2.23. The molecule has 24 heavy (non-hydrogen) atoms. The van der Waals surface area contributed by atoms with Crippen LogP contribution in [0.4, 0.5) is 5.69 Å². The molecule has 1 atom stereocenters. The fourth-order valence-corrected chi connectivity index (χ4v) is 3.44. The average Bonchev–Trinajstić information content (AvgIpc) is 2.58. The number of rotatable bonds is 4. The summed E-state index contributed by atoms with van der Waals surface area (Å²) < 4.78 is 0. The first-order valence-corrected chi connectivity index (χ1v) is 8.67. The molecule has 122 valence electrons. The van der Waals surface area contributed by atoms with Crippen molar-refractivity contribution in [1.29, 1.82) is 0 Å². The molecule has 1 unspecified atom stereocenters. The van der Waals surface area contributed by atoms with Crippen LogP contribution in [0.1, 0.15) is 18.1 Å². The van der Waals surface area contributed by atoms with E-state index in [1.165, 1.54) is 11.8 Å². The van der Waals surface area contributed by atoms with Gasteiger partial charge in [-0.2, -0.15) is 0 Å². The first-order chi connectivity index (χ1) is 11.6. The van der Waals surface area contributed by atoms with Crippen LogP contribution >= 0.6 is 11.8 Å². The van der Waals surface area contributed by atoms with Crippen LogP contribution in [0.25, 0.3) is 10.9 Å². The zero-order chi connectivity index (χ0) is 17.1. The molecule has 1 amide bonds. The summed E-state index contributed by atoms with van der Waals surface area (Å²) in [6, 6.07) is 13.8. The minimum absolute atomic E-state index is 0.0277. The van der Waals surface area contributed by atoms with E-state index >= 15 is 0 Å². The molecular formula is C19H19N3OS. The molecule has 0 spiro atoms. The van der Waals surface area contributed by atoms with Crippen molar-refractivity contribution < 1.29 is 4.79 Å². The van der Waals surface area contributed by atoms with Crippen molar-refractivity contribution in [3.8, 4) is 0 Å². The molecule has 1 aromatic heterocycles. The van der Waals surface area contributed by atoms with E-state index in [2.05, 4.69) is 15.3 Å². The number of aryl methyl sites for hydroxylation is 2. The molecule has 0 bridgehead atoms. The SMILES string of the molecule is Cc1cccc(C)c1NC(=O)C(C)Sc1ncnc2ccccc12. The number of benzene rings is 2. The Kier molecular flexibility index (Phi) is 4.81. The van der Waals surface area contributed by atoms with Crippen molar-refractivity contribution in [3.05, 3.63) is 59.9 Å². The molecule has 0 saturated heterocycles. The quantitative estimate of drug-likeness (QED) is 0.567. The van der Waals surface area contributed by atoms with Crippen LogP contribution in [-0.4, -0.2) is 21.1 Å². The van der Waals surface area contributed by atoms with Gasteiger partial charge >= 0.3 is 0 Å². The van der Waals surface area contributed by atoms with E-state index < -0.39 is 0 Å². The molecule has 0 aliphatic heterocycles. The molecule has 0 fully saturated rings. The zero-order valence-electron chi connectivity index (χ0n) is 13.9. The molecule has 0 aliphatic rings. The van der Waals surface area contributed by atoms with Gasteiger partial charge in [0.1, 0.15) is 11.4 Å². The Balaban J connectivity index is 1.79. The molecule has 3 rings (SSSR count). The molecule has 0 aliphatic carbocycles. The van der Waals surface area contributed by atoms with E-state index in [0.29, 0.717) is 0 Å². The maximum atomic E-state index is 12.6. The zero-order valence-corrected chi connectivity index (χ0v) is 14.7. The number of nitrogens with one attached hydrogen (secondary N) is 1. The highest BCUT2D eigenvalue weighted by Gasteiger charge is 2.18. The van der Waals surface area contributed by atoms with Crippen molar-refractivity contribution in [1.82, 2.24) is 9.97 Å². The molecule has 1 N–H and O–H groups in total. The molecule has 5 heteroatoms. The summed E-state index contributed by atoms with van der Waals surface area (Å²) >= 11 is 1.45. The third-order valence-corrected chi connectivity index (χ3v) is 5.01. The molecule has 3 aromatic rings. The predicted molar refractivity (Wildman–Crippen MR) is 99.4 cm³/mol. The number of aromatic nitrogens is 2. The Hall–Kier alpha value is -2.40. The summed E-state index contributed by atoms with van der Waals surface area (Å²) in [5.41, 5.74) is 3.90. The molecule has 4 nitrogen and oxygen atoms in total. The van der Waals surface area contributed by atoms with Crippen molar-refractivity contribution in [2.45, 2.75) is 31.0 Å². The van der Waals surface area contributed by atoms with Gasteiger partial charge in [0.2, 0.25) is 5.91 Å². The number of carbonyl (C=O) groups excluding carboxylic acids is 1. The maximum Gasteiger partial charge on any atom is 0.237 e. The van der Waals surface area contributed by atoms with Gasteiger partial charge in [-0.25, -0.2) is 9.97 Å². The highest BCUT2D eigenvalue weighted by Crippen LogP contribution is 2.29. The smallest absolute Gasteiger partial charge is 0.237 e. The minimum atomic E-state index is -0.262. The molecule has 1 heterocycles. The Morgan fingerprint density at radius 2 is 1.75 bits per heavy atom. The number of hydrogen-bond donors (Lipinski definition) is 1. The van der Waals surface area contributed by atoms with Crippen molar-refractivity contribution >= 4 is 34.3 Å². The van der Waals surface area contributed by atoms with E-state index in [4.69, 9.17) is 0 Å². The third-order valence-electron chi connectivity index (χ3n) is 3.89.